The second-order valence-corrected chi connectivity index (χ2v) is 6.10. The maximum Gasteiger partial charge on any atom is 0.0168 e. The molecule has 0 bridgehead atoms. The van der Waals surface area contributed by atoms with Crippen LogP contribution in [0.5, 0.6) is 0 Å². The normalized spacial score (nSPS) is 24.4. The van der Waals surface area contributed by atoms with Crippen molar-refractivity contribution >= 4 is 11.8 Å². The third kappa shape index (κ3) is 5.26. The highest BCUT2D eigenvalue weighted by atomic mass is 32.2. The molecule has 0 aromatic carbocycles. The van der Waals surface area contributed by atoms with Crippen molar-refractivity contribution in [3.05, 3.63) is 0 Å². The van der Waals surface area contributed by atoms with E-state index in [-0.39, 0.29) is 0 Å². The summed E-state index contributed by atoms with van der Waals surface area (Å²) in [5.41, 5.74) is 0. The van der Waals surface area contributed by atoms with Gasteiger partial charge in [0, 0.05) is 17.8 Å². The van der Waals surface area contributed by atoms with Gasteiger partial charge in [-0.25, -0.2) is 0 Å². The van der Waals surface area contributed by atoms with Gasteiger partial charge >= 0.3 is 0 Å². The van der Waals surface area contributed by atoms with Gasteiger partial charge in [0.25, 0.3) is 0 Å². The maximum absolute atomic E-state index is 3.73. The number of nitrogens with one attached hydrogen (secondary N) is 1. The molecule has 1 nitrogen and oxygen atoms in total. The molecule has 1 aliphatic rings. The van der Waals surface area contributed by atoms with E-state index in [1.54, 1.807) is 0 Å². The Morgan fingerprint density at radius 1 is 1.29 bits per heavy atom. The topological polar surface area (TPSA) is 12.0 Å². The van der Waals surface area contributed by atoms with Crippen LogP contribution in [0.4, 0.5) is 0 Å². The fourth-order valence-electron chi connectivity index (χ4n) is 1.98. The van der Waals surface area contributed by atoms with E-state index < -0.39 is 0 Å². The summed E-state index contributed by atoms with van der Waals surface area (Å²) in [5, 5.41) is 3.73. The predicted molar refractivity (Wildman–Crippen MR) is 67.0 cm³/mol. The van der Waals surface area contributed by atoms with Gasteiger partial charge in [-0.05, 0) is 31.4 Å². The van der Waals surface area contributed by atoms with Crippen molar-refractivity contribution in [2.24, 2.45) is 5.92 Å². The Hall–Kier alpha value is 0.310. The summed E-state index contributed by atoms with van der Waals surface area (Å²) in [6.07, 6.45) is 5.48. The quantitative estimate of drug-likeness (QED) is 0.729. The largest absolute Gasteiger partial charge is 0.311 e. The summed E-state index contributed by atoms with van der Waals surface area (Å²) >= 11 is 2.09. The van der Waals surface area contributed by atoms with Crippen molar-refractivity contribution in [2.75, 3.05) is 11.5 Å². The van der Waals surface area contributed by atoms with Crippen LogP contribution in [0.1, 0.15) is 46.5 Å². The highest BCUT2D eigenvalue weighted by Gasteiger charge is 2.16. The van der Waals surface area contributed by atoms with Crippen LogP contribution < -0.4 is 5.32 Å². The van der Waals surface area contributed by atoms with Crippen LogP contribution in [0.15, 0.2) is 0 Å². The molecule has 1 N–H and O–H groups in total. The van der Waals surface area contributed by atoms with E-state index in [0.29, 0.717) is 0 Å². The lowest BCUT2D eigenvalue weighted by atomic mass is 10.0. The second-order valence-electron chi connectivity index (χ2n) is 4.95. The van der Waals surface area contributed by atoms with E-state index in [4.69, 9.17) is 0 Å². The van der Waals surface area contributed by atoms with Crippen molar-refractivity contribution in [1.82, 2.24) is 5.32 Å². The zero-order valence-corrected chi connectivity index (χ0v) is 10.7. The summed E-state index contributed by atoms with van der Waals surface area (Å²) in [6, 6.07) is 1.52. The molecule has 14 heavy (non-hydrogen) atoms. The molecule has 1 heterocycles. The summed E-state index contributed by atoms with van der Waals surface area (Å²) in [4.78, 5) is 0. The van der Waals surface area contributed by atoms with Crippen molar-refractivity contribution < 1.29 is 0 Å². The average Bonchev–Trinajstić information content (AvgIpc) is 2.56. The fraction of sp³-hybridized carbons (Fsp3) is 1.00. The highest BCUT2D eigenvalue weighted by molar-refractivity contribution is 7.99. The molecule has 0 unspecified atom stereocenters. The Balaban J connectivity index is 2.00. The van der Waals surface area contributed by atoms with E-state index >= 15 is 0 Å². The molecule has 0 saturated carbocycles. The van der Waals surface area contributed by atoms with Gasteiger partial charge in [0.1, 0.15) is 0 Å². The third-order valence-electron chi connectivity index (χ3n) is 2.87. The first-order valence-corrected chi connectivity index (χ1v) is 7.17. The fourth-order valence-corrected chi connectivity index (χ4v) is 3.15. The zero-order valence-electron chi connectivity index (χ0n) is 9.88. The van der Waals surface area contributed by atoms with Crippen LogP contribution >= 0.6 is 11.8 Å². The molecule has 1 rings (SSSR count). The van der Waals surface area contributed by atoms with Gasteiger partial charge in [-0.1, -0.05) is 26.7 Å². The Morgan fingerprint density at radius 3 is 2.64 bits per heavy atom. The average molecular weight is 215 g/mol. The van der Waals surface area contributed by atoms with Crippen LogP contribution in [-0.4, -0.2) is 23.6 Å². The number of thioether (sulfide) groups is 1. The van der Waals surface area contributed by atoms with Gasteiger partial charge in [0.2, 0.25) is 0 Å². The molecular formula is C12H25NS. The van der Waals surface area contributed by atoms with Gasteiger partial charge in [-0.2, -0.15) is 11.8 Å². The van der Waals surface area contributed by atoms with Crippen molar-refractivity contribution in [1.29, 1.82) is 0 Å². The molecule has 1 aliphatic heterocycles. The van der Waals surface area contributed by atoms with E-state index in [0.717, 1.165) is 18.0 Å². The van der Waals surface area contributed by atoms with Gasteiger partial charge in [-0.15, -0.1) is 0 Å². The molecule has 1 fully saturated rings. The molecule has 0 radical (unpaired) electrons. The maximum atomic E-state index is 3.73. The van der Waals surface area contributed by atoms with E-state index in [1.165, 1.54) is 37.2 Å². The van der Waals surface area contributed by atoms with Crippen molar-refractivity contribution in [2.45, 2.75) is 58.5 Å². The van der Waals surface area contributed by atoms with E-state index in [9.17, 15) is 0 Å². The van der Waals surface area contributed by atoms with Crippen LogP contribution in [0, 0.1) is 5.92 Å². The lowest BCUT2D eigenvalue weighted by Crippen LogP contribution is -2.36. The molecule has 84 valence electrons. The Labute approximate surface area is 93.4 Å². The summed E-state index contributed by atoms with van der Waals surface area (Å²) < 4.78 is 0. The monoisotopic (exact) mass is 215 g/mol. The second kappa shape index (κ2) is 6.73. The minimum Gasteiger partial charge on any atom is -0.311 e. The smallest absolute Gasteiger partial charge is 0.0168 e. The molecule has 0 spiro atoms. The molecule has 0 aromatic rings. The lowest BCUT2D eigenvalue weighted by molar-refractivity contribution is 0.421. The number of rotatable bonds is 6. The molecular weight excluding hydrogens is 190 g/mol. The SMILES string of the molecule is CC(C)CCC[C@@H](C)N[C@@H]1CCSC1. The van der Waals surface area contributed by atoms with Crippen molar-refractivity contribution in [3.8, 4) is 0 Å². The Kier molecular flexibility index (Phi) is 5.95. The number of hydrogen-bond acceptors (Lipinski definition) is 2. The Morgan fingerprint density at radius 2 is 2.07 bits per heavy atom. The van der Waals surface area contributed by atoms with Gasteiger partial charge in [0.15, 0.2) is 0 Å². The predicted octanol–water partition coefficient (Wildman–Crippen LogP) is 3.30. The first-order valence-electron chi connectivity index (χ1n) is 6.02. The lowest BCUT2D eigenvalue weighted by Gasteiger charge is -2.18. The Bertz CT molecular complexity index is 141. The molecule has 2 atom stereocenters. The van der Waals surface area contributed by atoms with Crippen LogP contribution in [0.2, 0.25) is 0 Å². The molecule has 0 aromatic heterocycles. The summed E-state index contributed by atoms with van der Waals surface area (Å²) in [6.45, 7) is 6.96. The van der Waals surface area contributed by atoms with Gasteiger partial charge < -0.3 is 5.32 Å². The summed E-state index contributed by atoms with van der Waals surface area (Å²) in [7, 11) is 0. The molecule has 2 heteroatoms. The van der Waals surface area contributed by atoms with Gasteiger partial charge in [-0.3, -0.25) is 0 Å². The standard InChI is InChI=1S/C12H25NS/c1-10(2)5-4-6-11(3)13-12-7-8-14-9-12/h10-13H,4-9H2,1-3H3/t11-,12-/m1/s1. The van der Waals surface area contributed by atoms with Crippen LogP contribution in [0.3, 0.4) is 0 Å². The molecule has 0 amide bonds. The molecule has 0 aliphatic carbocycles. The van der Waals surface area contributed by atoms with Crippen molar-refractivity contribution in [3.63, 3.8) is 0 Å². The van der Waals surface area contributed by atoms with Crippen LogP contribution in [-0.2, 0) is 0 Å². The number of hydrogen-bond donors (Lipinski definition) is 1. The van der Waals surface area contributed by atoms with Crippen LogP contribution in [0.25, 0.3) is 0 Å². The first-order chi connectivity index (χ1) is 6.68. The van der Waals surface area contributed by atoms with E-state index in [1.807, 2.05) is 0 Å². The zero-order chi connectivity index (χ0) is 10.4. The van der Waals surface area contributed by atoms with E-state index in [2.05, 4.69) is 37.8 Å². The molecule has 1 saturated heterocycles. The summed E-state index contributed by atoms with van der Waals surface area (Å²) in [5.74, 6) is 3.55. The minimum atomic E-state index is 0.720. The third-order valence-corrected chi connectivity index (χ3v) is 4.03. The first kappa shape index (κ1) is 12.4. The highest BCUT2D eigenvalue weighted by Crippen LogP contribution is 2.18. The van der Waals surface area contributed by atoms with Gasteiger partial charge in [0.05, 0.1) is 0 Å². The minimum absolute atomic E-state index is 0.720.